The minimum atomic E-state index is -0.912. The number of benzene rings is 1. The number of nitrogens with zero attached hydrogens (tertiary/aromatic N) is 2. The maximum Gasteiger partial charge on any atom is 0.316 e. The molecule has 0 fully saturated rings. The van der Waals surface area contributed by atoms with Crippen molar-refractivity contribution in [2.75, 3.05) is 0 Å². The van der Waals surface area contributed by atoms with Crippen LogP contribution in [0.2, 0.25) is 0 Å². The number of carboxylic acid groups (broad SMARTS) is 1. The van der Waals surface area contributed by atoms with Gasteiger partial charge >= 0.3 is 5.97 Å². The number of hydrogen-bond donors (Lipinski definition) is 1. The molecule has 0 spiro atoms. The molecular formula is C10H8N2O4S2. The largest absolute Gasteiger partial charge is 0.480 e. The Morgan fingerprint density at radius 2 is 2.33 bits per heavy atom. The summed E-state index contributed by atoms with van der Waals surface area (Å²) in [4.78, 5) is 25.1. The number of fused-ring (bicyclic) bond motifs is 1. The van der Waals surface area contributed by atoms with Crippen molar-refractivity contribution in [3.63, 3.8) is 0 Å². The Morgan fingerprint density at radius 1 is 1.61 bits per heavy atom. The minimum absolute atomic E-state index is 0.00832. The summed E-state index contributed by atoms with van der Waals surface area (Å²) in [6, 6.07) is 4.40. The van der Waals surface area contributed by atoms with E-state index in [9.17, 15) is 14.9 Å². The highest BCUT2D eigenvalue weighted by Gasteiger charge is 2.16. The van der Waals surface area contributed by atoms with Crippen molar-refractivity contribution in [2.45, 2.75) is 16.5 Å². The second-order valence-corrected chi connectivity index (χ2v) is 6.11. The van der Waals surface area contributed by atoms with E-state index in [-0.39, 0.29) is 5.69 Å². The van der Waals surface area contributed by atoms with Crippen LogP contribution in [0, 0.1) is 10.1 Å². The average molecular weight is 284 g/mol. The highest BCUT2D eigenvalue weighted by Crippen LogP contribution is 2.33. The summed E-state index contributed by atoms with van der Waals surface area (Å²) in [5.41, 5.74) is 0.652. The van der Waals surface area contributed by atoms with E-state index in [4.69, 9.17) is 5.11 Å². The number of aliphatic carboxylic acids is 1. The van der Waals surface area contributed by atoms with Gasteiger partial charge in [0.15, 0.2) is 4.34 Å². The number of carbonyl (C=O) groups is 1. The summed E-state index contributed by atoms with van der Waals surface area (Å²) < 4.78 is 1.28. The van der Waals surface area contributed by atoms with Crippen LogP contribution < -0.4 is 0 Å². The van der Waals surface area contributed by atoms with Crippen molar-refractivity contribution in [1.29, 1.82) is 0 Å². The zero-order valence-electron chi connectivity index (χ0n) is 9.19. The molecule has 1 aromatic carbocycles. The molecule has 94 valence electrons. The maximum absolute atomic E-state index is 10.7. The second kappa shape index (κ2) is 4.91. The lowest BCUT2D eigenvalue weighted by Gasteiger charge is -2.00. The van der Waals surface area contributed by atoms with Crippen LogP contribution >= 0.6 is 23.1 Å². The fourth-order valence-electron chi connectivity index (χ4n) is 1.26. The van der Waals surface area contributed by atoms with Crippen LogP contribution in [-0.2, 0) is 4.79 Å². The lowest BCUT2D eigenvalue weighted by molar-refractivity contribution is -0.384. The van der Waals surface area contributed by atoms with E-state index in [0.29, 0.717) is 14.6 Å². The summed E-state index contributed by atoms with van der Waals surface area (Å²) in [5, 5.41) is 18.8. The highest BCUT2D eigenvalue weighted by molar-refractivity contribution is 8.02. The van der Waals surface area contributed by atoms with Crippen molar-refractivity contribution >= 4 is 45.0 Å². The Hall–Kier alpha value is -1.67. The summed E-state index contributed by atoms with van der Waals surface area (Å²) in [6.45, 7) is 1.57. The molecule has 8 heteroatoms. The number of non-ortho nitro benzene ring substituents is 1. The summed E-state index contributed by atoms with van der Waals surface area (Å²) in [5.74, 6) is -0.912. The number of thiazole rings is 1. The Bertz CT molecular complexity index is 625. The first kappa shape index (κ1) is 12.8. The second-order valence-electron chi connectivity index (χ2n) is 3.49. The average Bonchev–Trinajstić information content (AvgIpc) is 2.69. The SMILES string of the molecule is C[C@H](Sc1nc2ccc([N+](=O)[O-])cc2s1)C(=O)O. The molecule has 6 nitrogen and oxygen atoms in total. The van der Waals surface area contributed by atoms with Crippen molar-refractivity contribution < 1.29 is 14.8 Å². The molecule has 0 amide bonds. The predicted molar refractivity (Wildman–Crippen MR) is 69.2 cm³/mol. The summed E-state index contributed by atoms with van der Waals surface area (Å²) >= 11 is 2.39. The smallest absolute Gasteiger partial charge is 0.316 e. The van der Waals surface area contributed by atoms with Crippen LogP contribution in [0.1, 0.15) is 6.92 Å². The third-order valence-corrected chi connectivity index (χ3v) is 4.39. The van der Waals surface area contributed by atoms with Crippen LogP contribution in [0.5, 0.6) is 0 Å². The molecule has 0 unspecified atom stereocenters. The van der Waals surface area contributed by atoms with E-state index in [1.165, 1.54) is 23.5 Å². The van der Waals surface area contributed by atoms with Gasteiger partial charge in [0.25, 0.3) is 5.69 Å². The number of nitro benzene ring substituents is 1. The van der Waals surface area contributed by atoms with Gasteiger partial charge in [-0.3, -0.25) is 14.9 Å². The molecule has 2 rings (SSSR count). The van der Waals surface area contributed by atoms with Crippen LogP contribution in [0.3, 0.4) is 0 Å². The molecule has 0 saturated heterocycles. The predicted octanol–water partition coefficient (Wildman–Crippen LogP) is 2.77. The van der Waals surface area contributed by atoms with Crippen LogP contribution in [0.4, 0.5) is 5.69 Å². The van der Waals surface area contributed by atoms with Crippen LogP contribution in [0.15, 0.2) is 22.5 Å². The quantitative estimate of drug-likeness (QED) is 0.527. The van der Waals surface area contributed by atoms with Crippen molar-refractivity contribution in [2.24, 2.45) is 0 Å². The number of thioether (sulfide) groups is 1. The van der Waals surface area contributed by atoms with Gasteiger partial charge in [0.05, 0.1) is 15.1 Å². The van der Waals surface area contributed by atoms with Crippen molar-refractivity contribution in [3.05, 3.63) is 28.3 Å². The first-order valence-corrected chi connectivity index (χ1v) is 6.61. The van der Waals surface area contributed by atoms with Gasteiger partial charge in [-0.1, -0.05) is 11.8 Å². The monoisotopic (exact) mass is 284 g/mol. The first-order valence-electron chi connectivity index (χ1n) is 4.92. The third kappa shape index (κ3) is 2.59. The molecule has 0 radical (unpaired) electrons. The minimum Gasteiger partial charge on any atom is -0.480 e. The normalized spacial score (nSPS) is 12.5. The van der Waals surface area contributed by atoms with Crippen molar-refractivity contribution in [1.82, 2.24) is 4.98 Å². The van der Waals surface area contributed by atoms with Gasteiger partial charge in [0.2, 0.25) is 0 Å². The van der Waals surface area contributed by atoms with E-state index in [0.717, 1.165) is 11.8 Å². The fourth-order valence-corrected chi connectivity index (χ4v) is 3.44. The molecule has 0 aliphatic carbocycles. The number of carboxylic acids is 1. The van der Waals surface area contributed by atoms with E-state index in [2.05, 4.69) is 4.98 Å². The third-order valence-electron chi connectivity index (χ3n) is 2.19. The zero-order chi connectivity index (χ0) is 13.3. The molecule has 2 aromatic rings. The molecule has 0 aliphatic heterocycles. The molecule has 0 bridgehead atoms. The topological polar surface area (TPSA) is 93.3 Å². The fraction of sp³-hybridized carbons (Fsp3) is 0.200. The lowest BCUT2D eigenvalue weighted by Crippen LogP contribution is -2.10. The molecule has 18 heavy (non-hydrogen) atoms. The Morgan fingerprint density at radius 3 is 2.94 bits per heavy atom. The van der Waals surface area contributed by atoms with Gasteiger partial charge in [-0.2, -0.15) is 0 Å². The van der Waals surface area contributed by atoms with E-state index < -0.39 is 16.1 Å². The van der Waals surface area contributed by atoms with Gasteiger partial charge in [0, 0.05) is 12.1 Å². The van der Waals surface area contributed by atoms with Crippen LogP contribution in [-0.4, -0.2) is 26.2 Å². The van der Waals surface area contributed by atoms with Gasteiger partial charge in [-0.05, 0) is 13.0 Å². The highest BCUT2D eigenvalue weighted by atomic mass is 32.2. The summed E-state index contributed by atoms with van der Waals surface area (Å²) in [7, 11) is 0. The van der Waals surface area contributed by atoms with Gasteiger partial charge in [-0.15, -0.1) is 11.3 Å². The van der Waals surface area contributed by atoms with Gasteiger partial charge in [0.1, 0.15) is 5.25 Å². The zero-order valence-corrected chi connectivity index (χ0v) is 10.8. The first-order chi connectivity index (χ1) is 8.47. The number of hydrogen-bond acceptors (Lipinski definition) is 6. The molecule has 1 atom stereocenters. The van der Waals surface area contributed by atoms with E-state index in [1.54, 1.807) is 13.0 Å². The molecule has 1 aromatic heterocycles. The number of nitro groups is 1. The Labute approximate surface area is 110 Å². The Balaban J connectivity index is 2.32. The lowest BCUT2D eigenvalue weighted by atomic mass is 10.3. The van der Waals surface area contributed by atoms with Gasteiger partial charge in [-0.25, -0.2) is 4.98 Å². The summed E-state index contributed by atoms with van der Waals surface area (Å²) in [6.07, 6.45) is 0. The van der Waals surface area contributed by atoms with E-state index >= 15 is 0 Å². The molecule has 1 heterocycles. The van der Waals surface area contributed by atoms with Gasteiger partial charge < -0.3 is 5.11 Å². The molecule has 1 N–H and O–H groups in total. The maximum atomic E-state index is 10.7. The number of rotatable bonds is 4. The van der Waals surface area contributed by atoms with E-state index in [1.807, 2.05) is 0 Å². The van der Waals surface area contributed by atoms with Crippen LogP contribution in [0.25, 0.3) is 10.2 Å². The standard InChI is InChI=1S/C10H8N2O4S2/c1-5(9(13)14)17-10-11-7-3-2-6(12(15)16)4-8(7)18-10/h2-5H,1H3,(H,13,14)/t5-/m0/s1. The molecule has 0 aliphatic rings. The Kier molecular flexibility index (Phi) is 3.48. The number of aromatic nitrogens is 1. The molecular weight excluding hydrogens is 276 g/mol. The molecule has 0 saturated carbocycles. The van der Waals surface area contributed by atoms with Crippen molar-refractivity contribution in [3.8, 4) is 0 Å².